The highest BCUT2D eigenvalue weighted by molar-refractivity contribution is 5.82. The first-order valence-corrected chi connectivity index (χ1v) is 7.51. The van der Waals surface area contributed by atoms with E-state index in [1.54, 1.807) is 25.7 Å². The second-order valence-corrected chi connectivity index (χ2v) is 6.43. The lowest BCUT2D eigenvalue weighted by Gasteiger charge is -2.33. The van der Waals surface area contributed by atoms with Crippen LogP contribution in [0.5, 0.6) is 0 Å². The quantitative estimate of drug-likeness (QED) is 0.580. The largest absolute Gasteiger partial charge is 0.480 e. The van der Waals surface area contributed by atoms with Gasteiger partial charge in [-0.15, -0.1) is 0 Å². The number of carbonyl (C=O) groups is 3. The van der Waals surface area contributed by atoms with E-state index >= 15 is 0 Å². The van der Waals surface area contributed by atoms with Crippen molar-refractivity contribution in [2.24, 2.45) is 0 Å². The maximum Gasteiger partial charge on any atom is 0.410 e. The molecule has 1 atom stereocenters. The summed E-state index contributed by atoms with van der Waals surface area (Å²) in [5.74, 6) is -1.30. The van der Waals surface area contributed by atoms with Gasteiger partial charge in [0.15, 0.2) is 6.04 Å². The topological polar surface area (TPSA) is 128 Å². The Labute approximate surface area is 135 Å². The molecule has 4 N–H and O–H groups in total. The number of aliphatic hydroxyl groups excluding tert-OH is 1. The molecule has 0 aromatic rings. The highest BCUT2D eigenvalue weighted by Gasteiger charge is 2.28. The first-order chi connectivity index (χ1) is 10.6. The van der Waals surface area contributed by atoms with Crippen LogP contribution in [0.2, 0.25) is 0 Å². The molecular weight excluding hydrogens is 306 g/mol. The summed E-state index contributed by atoms with van der Waals surface area (Å²) in [6, 6.07) is -2.15. The van der Waals surface area contributed by atoms with Crippen molar-refractivity contribution in [3.63, 3.8) is 0 Å². The second-order valence-electron chi connectivity index (χ2n) is 6.43. The molecule has 9 nitrogen and oxygen atoms in total. The number of hydrogen-bond donors (Lipinski definition) is 4. The van der Waals surface area contributed by atoms with Gasteiger partial charge < -0.3 is 30.5 Å². The molecule has 1 aliphatic heterocycles. The molecule has 3 amide bonds. The lowest BCUT2D eigenvalue weighted by Crippen LogP contribution is -2.53. The maximum atomic E-state index is 11.9. The number of aliphatic carboxylic acids is 1. The van der Waals surface area contributed by atoms with Crippen LogP contribution in [0.4, 0.5) is 9.59 Å². The summed E-state index contributed by atoms with van der Waals surface area (Å²) < 4.78 is 5.28. The van der Waals surface area contributed by atoms with Gasteiger partial charge in [-0.1, -0.05) is 0 Å². The minimum atomic E-state index is -1.34. The van der Waals surface area contributed by atoms with Gasteiger partial charge in [0.25, 0.3) is 0 Å². The number of piperidine rings is 1. The number of likely N-dealkylation sites (tertiary alicyclic amines) is 1. The van der Waals surface area contributed by atoms with Gasteiger partial charge in [-0.2, -0.15) is 0 Å². The number of carboxylic acids is 1. The maximum absolute atomic E-state index is 11.9. The summed E-state index contributed by atoms with van der Waals surface area (Å²) in [6.45, 7) is 5.60. The summed E-state index contributed by atoms with van der Waals surface area (Å²) >= 11 is 0. The molecule has 0 bridgehead atoms. The number of hydrogen-bond acceptors (Lipinski definition) is 5. The Balaban J connectivity index is 2.37. The molecule has 23 heavy (non-hydrogen) atoms. The number of aliphatic hydroxyl groups is 1. The molecule has 0 aromatic heterocycles. The number of carbonyl (C=O) groups excluding carboxylic acids is 2. The smallest absolute Gasteiger partial charge is 0.410 e. The highest BCUT2D eigenvalue weighted by Crippen LogP contribution is 2.15. The number of urea groups is 1. The Kier molecular flexibility index (Phi) is 6.62. The SMILES string of the molecule is CC(C)(C)OC(=O)N1CCC(NC(=O)NC(CO)C(=O)O)CC1. The average Bonchev–Trinajstić information content (AvgIpc) is 2.43. The predicted molar refractivity (Wildman–Crippen MR) is 81.0 cm³/mol. The van der Waals surface area contributed by atoms with Crippen molar-refractivity contribution < 1.29 is 29.3 Å². The molecular formula is C14H25N3O6. The molecule has 1 saturated heterocycles. The monoisotopic (exact) mass is 331 g/mol. The molecule has 9 heteroatoms. The van der Waals surface area contributed by atoms with Gasteiger partial charge in [0, 0.05) is 19.1 Å². The van der Waals surface area contributed by atoms with E-state index < -0.39 is 30.3 Å². The number of nitrogens with zero attached hydrogens (tertiary/aromatic N) is 1. The fraction of sp³-hybridized carbons (Fsp3) is 0.786. The molecule has 1 heterocycles. The van der Waals surface area contributed by atoms with Gasteiger partial charge in [0.2, 0.25) is 0 Å². The standard InChI is InChI=1S/C14H25N3O6/c1-14(2,3)23-13(22)17-6-4-9(5-7-17)15-12(21)16-10(8-18)11(19)20/h9-10,18H,4-8H2,1-3H3,(H,19,20)(H2,15,16,21). The van der Waals surface area contributed by atoms with Crippen LogP contribution in [-0.4, -0.2) is 70.6 Å². The molecule has 0 aliphatic carbocycles. The van der Waals surface area contributed by atoms with E-state index in [9.17, 15) is 14.4 Å². The van der Waals surface area contributed by atoms with E-state index in [4.69, 9.17) is 14.9 Å². The van der Waals surface area contributed by atoms with Crippen LogP contribution in [0.1, 0.15) is 33.6 Å². The van der Waals surface area contributed by atoms with Gasteiger partial charge in [0.1, 0.15) is 5.60 Å². The summed E-state index contributed by atoms with van der Waals surface area (Å²) in [5, 5.41) is 22.4. The van der Waals surface area contributed by atoms with Crippen LogP contribution in [-0.2, 0) is 9.53 Å². The lowest BCUT2D eigenvalue weighted by atomic mass is 10.1. The molecule has 1 unspecified atom stereocenters. The zero-order valence-electron chi connectivity index (χ0n) is 13.7. The van der Waals surface area contributed by atoms with E-state index in [1.165, 1.54) is 0 Å². The predicted octanol–water partition coefficient (Wildman–Crippen LogP) is 0.131. The average molecular weight is 331 g/mol. The van der Waals surface area contributed by atoms with Crippen molar-refractivity contribution in [3.05, 3.63) is 0 Å². The first-order valence-electron chi connectivity index (χ1n) is 7.51. The number of ether oxygens (including phenoxy) is 1. The Bertz CT molecular complexity index is 440. The van der Waals surface area contributed by atoms with Crippen LogP contribution >= 0.6 is 0 Å². The van der Waals surface area contributed by atoms with Crippen LogP contribution in [0.3, 0.4) is 0 Å². The molecule has 0 aromatic carbocycles. The van der Waals surface area contributed by atoms with Crippen molar-refractivity contribution in [2.75, 3.05) is 19.7 Å². The Morgan fingerprint density at radius 1 is 1.26 bits per heavy atom. The van der Waals surface area contributed by atoms with E-state index in [0.717, 1.165) is 0 Å². The number of rotatable bonds is 4. The van der Waals surface area contributed by atoms with Crippen LogP contribution in [0, 0.1) is 0 Å². The normalized spacial score (nSPS) is 17.3. The van der Waals surface area contributed by atoms with Crippen molar-refractivity contribution in [3.8, 4) is 0 Å². The van der Waals surface area contributed by atoms with Crippen LogP contribution < -0.4 is 10.6 Å². The zero-order valence-corrected chi connectivity index (χ0v) is 13.7. The zero-order chi connectivity index (χ0) is 17.6. The molecule has 0 saturated carbocycles. The van der Waals surface area contributed by atoms with Gasteiger partial charge in [-0.05, 0) is 33.6 Å². The Morgan fingerprint density at radius 2 is 1.83 bits per heavy atom. The van der Waals surface area contributed by atoms with E-state index in [2.05, 4.69) is 10.6 Å². The number of nitrogens with one attached hydrogen (secondary N) is 2. The lowest BCUT2D eigenvalue weighted by molar-refractivity contribution is -0.140. The van der Waals surface area contributed by atoms with Crippen molar-refractivity contribution in [1.29, 1.82) is 0 Å². The third kappa shape index (κ3) is 6.72. The number of amides is 3. The third-order valence-electron chi connectivity index (χ3n) is 3.27. The van der Waals surface area contributed by atoms with E-state index in [1.807, 2.05) is 0 Å². The minimum Gasteiger partial charge on any atom is -0.480 e. The van der Waals surface area contributed by atoms with Crippen molar-refractivity contribution in [1.82, 2.24) is 15.5 Å². The molecule has 0 spiro atoms. The van der Waals surface area contributed by atoms with Crippen molar-refractivity contribution in [2.45, 2.75) is 51.3 Å². The fourth-order valence-corrected chi connectivity index (χ4v) is 2.10. The molecule has 1 aliphatic rings. The third-order valence-corrected chi connectivity index (χ3v) is 3.27. The molecule has 1 rings (SSSR count). The van der Waals surface area contributed by atoms with Crippen molar-refractivity contribution >= 4 is 18.1 Å². The summed E-state index contributed by atoms with van der Waals surface area (Å²) in [7, 11) is 0. The van der Waals surface area contributed by atoms with E-state index in [0.29, 0.717) is 25.9 Å². The summed E-state index contributed by atoms with van der Waals surface area (Å²) in [4.78, 5) is 35.9. The van der Waals surface area contributed by atoms with Gasteiger partial charge in [-0.3, -0.25) is 0 Å². The van der Waals surface area contributed by atoms with Gasteiger partial charge in [-0.25, -0.2) is 14.4 Å². The molecule has 1 fully saturated rings. The Morgan fingerprint density at radius 3 is 2.26 bits per heavy atom. The highest BCUT2D eigenvalue weighted by atomic mass is 16.6. The second kappa shape index (κ2) is 8.00. The molecule has 0 radical (unpaired) electrons. The minimum absolute atomic E-state index is 0.165. The van der Waals surface area contributed by atoms with Crippen LogP contribution in [0.15, 0.2) is 0 Å². The Hall–Kier alpha value is -2.03. The van der Waals surface area contributed by atoms with Gasteiger partial charge in [0.05, 0.1) is 6.61 Å². The summed E-state index contributed by atoms with van der Waals surface area (Å²) in [5.41, 5.74) is -0.553. The first kappa shape index (κ1) is 19.0. The molecule has 132 valence electrons. The fourth-order valence-electron chi connectivity index (χ4n) is 2.10. The summed E-state index contributed by atoms with van der Waals surface area (Å²) in [6.07, 6.45) is 0.708. The van der Waals surface area contributed by atoms with Gasteiger partial charge >= 0.3 is 18.1 Å². The number of carboxylic acid groups (broad SMARTS) is 1. The van der Waals surface area contributed by atoms with Crippen LogP contribution in [0.25, 0.3) is 0 Å². The van der Waals surface area contributed by atoms with E-state index in [-0.39, 0.29) is 12.1 Å².